The van der Waals surface area contributed by atoms with Crippen LogP contribution in [0.15, 0.2) is 65.8 Å². The molecule has 0 aliphatic carbocycles. The zero-order valence-corrected chi connectivity index (χ0v) is 12.6. The number of methoxy groups -OCH3 is 1. The highest BCUT2D eigenvalue weighted by molar-refractivity contribution is 6.00. The number of benzene rings is 2. The van der Waals surface area contributed by atoms with Crippen molar-refractivity contribution in [2.75, 3.05) is 7.11 Å². The average Bonchev–Trinajstić information content (AvgIpc) is 2.58. The standard InChI is InChI=1S/C18H18N2O2/c1-14(12-13-15-8-4-3-5-9-15)19-20-18(21)16-10-6-7-11-17(16)22-2/h3-13H,1-2H3,(H,20,21). The Bertz CT molecular complexity index is 691. The smallest absolute Gasteiger partial charge is 0.275 e. The molecule has 0 aliphatic rings. The second-order valence-corrected chi connectivity index (χ2v) is 4.64. The molecule has 1 amide bonds. The number of ether oxygens (including phenoxy) is 1. The SMILES string of the molecule is COc1ccccc1C(=O)NN=C(C)C=Cc1ccccc1. The van der Waals surface area contributed by atoms with Gasteiger partial charge in [0, 0.05) is 0 Å². The van der Waals surface area contributed by atoms with Crippen LogP contribution >= 0.6 is 0 Å². The zero-order valence-electron chi connectivity index (χ0n) is 12.6. The van der Waals surface area contributed by atoms with Gasteiger partial charge in [-0.2, -0.15) is 5.10 Å². The average molecular weight is 294 g/mol. The van der Waals surface area contributed by atoms with Crippen molar-refractivity contribution in [1.82, 2.24) is 5.43 Å². The van der Waals surface area contributed by atoms with Crippen molar-refractivity contribution in [3.8, 4) is 5.75 Å². The number of rotatable bonds is 5. The third kappa shape index (κ3) is 4.31. The van der Waals surface area contributed by atoms with Crippen LogP contribution in [0.3, 0.4) is 0 Å². The Morgan fingerprint density at radius 2 is 1.77 bits per heavy atom. The van der Waals surface area contributed by atoms with Gasteiger partial charge in [-0.1, -0.05) is 48.5 Å². The Morgan fingerprint density at radius 1 is 1.09 bits per heavy atom. The van der Waals surface area contributed by atoms with Crippen LogP contribution in [0.5, 0.6) is 5.75 Å². The van der Waals surface area contributed by atoms with Crippen molar-refractivity contribution in [1.29, 1.82) is 0 Å². The summed E-state index contributed by atoms with van der Waals surface area (Å²) in [4.78, 5) is 12.1. The van der Waals surface area contributed by atoms with Crippen LogP contribution in [0.25, 0.3) is 6.08 Å². The minimum Gasteiger partial charge on any atom is -0.496 e. The molecule has 0 radical (unpaired) electrons. The molecule has 2 aromatic rings. The predicted octanol–water partition coefficient (Wildman–Crippen LogP) is 3.51. The fraction of sp³-hybridized carbons (Fsp3) is 0.111. The van der Waals surface area contributed by atoms with E-state index in [0.717, 1.165) is 5.56 Å². The molecule has 0 saturated carbocycles. The summed E-state index contributed by atoms with van der Waals surface area (Å²) in [6, 6.07) is 16.9. The Hall–Kier alpha value is -2.88. The third-order valence-electron chi connectivity index (χ3n) is 3.00. The first-order chi connectivity index (χ1) is 10.7. The lowest BCUT2D eigenvalue weighted by atomic mass is 10.2. The molecule has 0 aliphatic heterocycles. The molecule has 2 aromatic carbocycles. The highest BCUT2D eigenvalue weighted by atomic mass is 16.5. The van der Waals surface area contributed by atoms with Gasteiger partial charge >= 0.3 is 0 Å². The first-order valence-electron chi connectivity index (χ1n) is 6.91. The van der Waals surface area contributed by atoms with E-state index in [-0.39, 0.29) is 5.91 Å². The zero-order chi connectivity index (χ0) is 15.8. The lowest BCUT2D eigenvalue weighted by Crippen LogP contribution is -2.19. The molecule has 2 rings (SSSR count). The summed E-state index contributed by atoms with van der Waals surface area (Å²) in [5.41, 5.74) is 4.76. The van der Waals surface area contributed by atoms with Crippen molar-refractivity contribution < 1.29 is 9.53 Å². The summed E-state index contributed by atoms with van der Waals surface area (Å²) in [5.74, 6) is 0.220. The molecule has 1 N–H and O–H groups in total. The van der Waals surface area contributed by atoms with Gasteiger partial charge in [0.1, 0.15) is 5.75 Å². The van der Waals surface area contributed by atoms with Crippen molar-refractivity contribution in [3.05, 3.63) is 71.8 Å². The number of allylic oxidation sites excluding steroid dienone is 1. The summed E-state index contributed by atoms with van der Waals surface area (Å²) in [6.07, 6.45) is 3.78. The van der Waals surface area contributed by atoms with Gasteiger partial charge in [0.25, 0.3) is 5.91 Å². The Morgan fingerprint density at radius 3 is 2.50 bits per heavy atom. The summed E-state index contributed by atoms with van der Waals surface area (Å²) < 4.78 is 5.16. The van der Waals surface area contributed by atoms with Gasteiger partial charge in [-0.25, -0.2) is 5.43 Å². The topological polar surface area (TPSA) is 50.7 Å². The Kier molecular flexibility index (Phi) is 5.49. The number of hydrazone groups is 1. The first kappa shape index (κ1) is 15.5. The van der Waals surface area contributed by atoms with E-state index in [1.165, 1.54) is 7.11 Å². The van der Waals surface area contributed by atoms with Crippen molar-refractivity contribution in [2.24, 2.45) is 5.10 Å². The second kappa shape index (κ2) is 7.78. The number of nitrogens with zero attached hydrogens (tertiary/aromatic N) is 1. The van der Waals surface area contributed by atoms with Crippen LogP contribution in [-0.4, -0.2) is 18.7 Å². The third-order valence-corrected chi connectivity index (χ3v) is 3.00. The number of para-hydroxylation sites is 1. The van der Waals surface area contributed by atoms with Gasteiger partial charge in [-0.05, 0) is 30.7 Å². The Labute approximate surface area is 130 Å². The molecule has 0 fully saturated rings. The fourth-order valence-corrected chi connectivity index (χ4v) is 1.85. The highest BCUT2D eigenvalue weighted by Crippen LogP contribution is 2.16. The van der Waals surface area contributed by atoms with Crippen molar-refractivity contribution >= 4 is 17.7 Å². The van der Waals surface area contributed by atoms with E-state index < -0.39 is 0 Å². The monoisotopic (exact) mass is 294 g/mol. The molecular formula is C18H18N2O2. The molecular weight excluding hydrogens is 276 g/mol. The Balaban J connectivity index is 2.01. The summed E-state index contributed by atoms with van der Waals surface area (Å²) >= 11 is 0. The molecule has 0 atom stereocenters. The van der Waals surface area contributed by atoms with Crippen LogP contribution < -0.4 is 10.2 Å². The maximum absolute atomic E-state index is 12.1. The number of carbonyl (C=O) groups excluding carboxylic acids is 1. The summed E-state index contributed by atoms with van der Waals surface area (Å²) in [7, 11) is 1.53. The van der Waals surface area contributed by atoms with E-state index in [9.17, 15) is 4.79 Å². The molecule has 0 spiro atoms. The lowest BCUT2D eigenvalue weighted by Gasteiger charge is -2.06. The van der Waals surface area contributed by atoms with Crippen LogP contribution in [-0.2, 0) is 0 Å². The molecule has 0 unspecified atom stereocenters. The number of hydrogen-bond acceptors (Lipinski definition) is 3. The molecule has 0 heterocycles. The van der Waals surface area contributed by atoms with Crippen molar-refractivity contribution in [3.63, 3.8) is 0 Å². The van der Waals surface area contributed by atoms with Gasteiger partial charge in [0.05, 0.1) is 18.4 Å². The molecule has 22 heavy (non-hydrogen) atoms. The van der Waals surface area contributed by atoms with E-state index in [1.807, 2.05) is 55.5 Å². The molecule has 4 heteroatoms. The normalized spacial score (nSPS) is 11.5. The van der Waals surface area contributed by atoms with Gasteiger partial charge in [0.2, 0.25) is 0 Å². The molecule has 0 bridgehead atoms. The van der Waals surface area contributed by atoms with Crippen molar-refractivity contribution in [2.45, 2.75) is 6.92 Å². The fourth-order valence-electron chi connectivity index (χ4n) is 1.85. The number of hydrogen-bond donors (Lipinski definition) is 1. The van der Waals surface area contributed by atoms with E-state index in [0.29, 0.717) is 17.0 Å². The predicted molar refractivity (Wildman–Crippen MR) is 89.0 cm³/mol. The van der Waals surface area contributed by atoms with E-state index in [4.69, 9.17) is 4.74 Å². The van der Waals surface area contributed by atoms with Gasteiger partial charge in [-0.15, -0.1) is 0 Å². The van der Waals surface area contributed by atoms with Gasteiger partial charge < -0.3 is 4.74 Å². The van der Waals surface area contributed by atoms with E-state index in [2.05, 4.69) is 10.5 Å². The summed E-state index contributed by atoms with van der Waals surface area (Å²) in [5, 5.41) is 4.07. The minimum atomic E-state index is -0.301. The molecule has 0 saturated heterocycles. The quantitative estimate of drug-likeness (QED) is 0.677. The van der Waals surface area contributed by atoms with Crippen LogP contribution in [0.1, 0.15) is 22.8 Å². The lowest BCUT2D eigenvalue weighted by molar-refractivity contribution is 0.0952. The maximum Gasteiger partial charge on any atom is 0.275 e. The van der Waals surface area contributed by atoms with Crippen LogP contribution in [0.4, 0.5) is 0 Å². The number of carbonyl (C=O) groups is 1. The van der Waals surface area contributed by atoms with E-state index in [1.54, 1.807) is 18.2 Å². The maximum atomic E-state index is 12.1. The summed E-state index contributed by atoms with van der Waals surface area (Å²) in [6.45, 7) is 1.82. The second-order valence-electron chi connectivity index (χ2n) is 4.64. The van der Waals surface area contributed by atoms with Gasteiger partial charge in [-0.3, -0.25) is 4.79 Å². The molecule has 0 aromatic heterocycles. The van der Waals surface area contributed by atoms with E-state index >= 15 is 0 Å². The van der Waals surface area contributed by atoms with Gasteiger partial charge in [0.15, 0.2) is 0 Å². The van der Waals surface area contributed by atoms with Crippen LogP contribution in [0.2, 0.25) is 0 Å². The largest absolute Gasteiger partial charge is 0.496 e. The number of amides is 1. The minimum absolute atomic E-state index is 0.301. The molecule has 112 valence electrons. The number of nitrogens with one attached hydrogen (secondary N) is 1. The van der Waals surface area contributed by atoms with Crippen LogP contribution in [0, 0.1) is 0 Å². The first-order valence-corrected chi connectivity index (χ1v) is 6.91. The highest BCUT2D eigenvalue weighted by Gasteiger charge is 2.10. The molecule has 4 nitrogen and oxygen atoms in total.